The van der Waals surface area contributed by atoms with Gasteiger partial charge in [0.2, 0.25) is 0 Å². The predicted molar refractivity (Wildman–Crippen MR) is 124 cm³/mol. The summed E-state index contributed by atoms with van der Waals surface area (Å²) < 4.78 is 12.3. The van der Waals surface area contributed by atoms with E-state index in [1.165, 1.54) is 7.11 Å². The topological polar surface area (TPSA) is 73.7 Å². The van der Waals surface area contributed by atoms with Crippen LogP contribution < -0.4 is 0 Å². The first-order valence-electron chi connectivity index (χ1n) is 10.8. The molecule has 7 heteroatoms. The van der Waals surface area contributed by atoms with Gasteiger partial charge in [-0.15, -0.1) is 0 Å². The van der Waals surface area contributed by atoms with E-state index in [1.54, 1.807) is 17.0 Å². The fraction of sp³-hybridized carbons (Fsp3) is 0.269. The number of benzene rings is 2. The first-order valence-corrected chi connectivity index (χ1v) is 10.8. The molecular weight excluding hydrogens is 418 g/mol. The Morgan fingerprint density at radius 2 is 1.82 bits per heavy atom. The summed E-state index contributed by atoms with van der Waals surface area (Å²) in [6.07, 6.45) is 4.27. The van der Waals surface area contributed by atoms with Crippen LogP contribution in [0.2, 0.25) is 0 Å². The summed E-state index contributed by atoms with van der Waals surface area (Å²) in [5.74, 6) is -0.397. The molecule has 0 N–H and O–H groups in total. The van der Waals surface area contributed by atoms with Crippen LogP contribution in [0.25, 0.3) is 5.57 Å². The smallest absolute Gasteiger partial charge is 0.410 e. The average molecular weight is 446 g/mol. The number of amides is 1. The van der Waals surface area contributed by atoms with Crippen molar-refractivity contribution >= 4 is 17.6 Å². The molecule has 1 atom stereocenters. The maximum Gasteiger partial charge on any atom is 0.410 e. The van der Waals surface area contributed by atoms with Crippen molar-refractivity contribution in [3.63, 3.8) is 0 Å². The SMILES string of the molecule is COC(=O)c1ccc([C@@H]2C=C(c3cnn(C)c3C)CCN2C(=O)OCc2ccccc2)cc1. The van der Waals surface area contributed by atoms with Crippen LogP contribution in [0, 0.1) is 6.92 Å². The van der Waals surface area contributed by atoms with Crippen molar-refractivity contribution in [3.8, 4) is 0 Å². The molecule has 0 bridgehead atoms. The quantitative estimate of drug-likeness (QED) is 0.533. The van der Waals surface area contributed by atoms with Gasteiger partial charge in [0.25, 0.3) is 0 Å². The number of carbonyl (C=O) groups is 2. The third-order valence-electron chi connectivity index (χ3n) is 6.01. The molecule has 0 spiro atoms. The maximum absolute atomic E-state index is 13.1. The second kappa shape index (κ2) is 9.73. The zero-order valence-electron chi connectivity index (χ0n) is 19.0. The molecule has 2 heterocycles. The highest BCUT2D eigenvalue weighted by molar-refractivity contribution is 5.89. The first kappa shape index (κ1) is 22.3. The number of hydrogen-bond acceptors (Lipinski definition) is 5. The van der Waals surface area contributed by atoms with Crippen LogP contribution in [0.1, 0.15) is 45.2 Å². The van der Waals surface area contributed by atoms with Gasteiger partial charge in [-0.05, 0) is 42.2 Å². The molecule has 2 aromatic carbocycles. The van der Waals surface area contributed by atoms with Crippen LogP contribution in [0.15, 0.2) is 66.9 Å². The van der Waals surface area contributed by atoms with Crippen LogP contribution in [-0.4, -0.2) is 40.4 Å². The van der Waals surface area contributed by atoms with Crippen molar-refractivity contribution in [1.82, 2.24) is 14.7 Å². The molecule has 1 aliphatic rings. The highest BCUT2D eigenvalue weighted by atomic mass is 16.6. The highest BCUT2D eigenvalue weighted by Crippen LogP contribution is 2.35. The van der Waals surface area contributed by atoms with Crippen LogP contribution in [0.3, 0.4) is 0 Å². The van der Waals surface area contributed by atoms with E-state index in [0.29, 0.717) is 18.5 Å². The van der Waals surface area contributed by atoms with Gasteiger partial charge >= 0.3 is 12.1 Å². The Hall–Kier alpha value is -3.87. The lowest BCUT2D eigenvalue weighted by Gasteiger charge is -2.34. The number of ether oxygens (including phenoxy) is 2. The summed E-state index contributed by atoms with van der Waals surface area (Å²) in [6.45, 7) is 2.75. The minimum absolute atomic E-state index is 0.211. The fourth-order valence-corrected chi connectivity index (χ4v) is 4.00. The Labute approximate surface area is 193 Å². The molecule has 0 fully saturated rings. The first-order chi connectivity index (χ1) is 16.0. The molecule has 1 amide bonds. The highest BCUT2D eigenvalue weighted by Gasteiger charge is 2.30. The van der Waals surface area contributed by atoms with Gasteiger partial charge in [0.05, 0.1) is 24.9 Å². The standard InChI is InChI=1S/C26H27N3O4/c1-18-23(16-27-28(18)2)22-13-14-29(26(31)33-17-19-7-5-4-6-8-19)24(15-22)20-9-11-21(12-10-20)25(30)32-3/h4-12,15-16,24H,13-14,17H2,1-3H3/t24-/m0/s1. The van der Waals surface area contributed by atoms with Crippen molar-refractivity contribution in [1.29, 1.82) is 0 Å². The minimum Gasteiger partial charge on any atom is -0.465 e. The average Bonchev–Trinajstić information content (AvgIpc) is 3.20. The van der Waals surface area contributed by atoms with E-state index >= 15 is 0 Å². The van der Waals surface area contributed by atoms with Crippen molar-refractivity contribution in [2.45, 2.75) is 26.0 Å². The summed E-state index contributed by atoms with van der Waals surface area (Å²) in [6, 6.07) is 16.4. The molecule has 4 rings (SSSR count). The Kier molecular flexibility index (Phi) is 6.58. The summed E-state index contributed by atoms with van der Waals surface area (Å²) in [5, 5.41) is 4.37. The van der Waals surface area contributed by atoms with Crippen LogP contribution in [-0.2, 0) is 23.1 Å². The molecule has 33 heavy (non-hydrogen) atoms. The van der Waals surface area contributed by atoms with Crippen LogP contribution in [0.5, 0.6) is 0 Å². The number of aromatic nitrogens is 2. The normalized spacial score (nSPS) is 15.7. The number of aryl methyl sites for hydroxylation is 1. The molecular formula is C26H27N3O4. The lowest BCUT2D eigenvalue weighted by Crippen LogP contribution is -2.37. The Morgan fingerprint density at radius 3 is 2.45 bits per heavy atom. The Balaban J connectivity index is 1.63. The van der Waals surface area contributed by atoms with E-state index in [2.05, 4.69) is 11.2 Å². The van der Waals surface area contributed by atoms with Gasteiger partial charge in [0, 0.05) is 24.8 Å². The molecule has 0 radical (unpaired) electrons. The van der Waals surface area contributed by atoms with Crippen molar-refractivity contribution in [3.05, 3.63) is 94.8 Å². The van der Waals surface area contributed by atoms with E-state index in [-0.39, 0.29) is 18.7 Å². The number of carbonyl (C=O) groups excluding carboxylic acids is 2. The van der Waals surface area contributed by atoms with Gasteiger partial charge in [-0.25, -0.2) is 9.59 Å². The third kappa shape index (κ3) is 4.82. The number of methoxy groups -OCH3 is 1. The molecule has 1 aromatic heterocycles. The molecule has 170 valence electrons. The number of nitrogens with zero attached hydrogens (tertiary/aromatic N) is 3. The van der Waals surface area contributed by atoms with E-state index < -0.39 is 5.97 Å². The zero-order chi connectivity index (χ0) is 23.4. The van der Waals surface area contributed by atoms with Crippen molar-refractivity contribution < 1.29 is 19.1 Å². The largest absolute Gasteiger partial charge is 0.465 e. The Morgan fingerprint density at radius 1 is 1.09 bits per heavy atom. The third-order valence-corrected chi connectivity index (χ3v) is 6.01. The van der Waals surface area contributed by atoms with Crippen LogP contribution >= 0.6 is 0 Å². The van der Waals surface area contributed by atoms with Gasteiger partial charge in [0.15, 0.2) is 0 Å². The van der Waals surface area contributed by atoms with Gasteiger partial charge < -0.3 is 9.47 Å². The number of esters is 1. The maximum atomic E-state index is 13.1. The van der Waals surface area contributed by atoms with Crippen molar-refractivity contribution in [2.24, 2.45) is 7.05 Å². The van der Waals surface area contributed by atoms with E-state index in [0.717, 1.165) is 28.0 Å². The molecule has 7 nitrogen and oxygen atoms in total. The van der Waals surface area contributed by atoms with Gasteiger partial charge in [-0.2, -0.15) is 5.10 Å². The molecule has 0 aliphatic carbocycles. The second-order valence-electron chi connectivity index (χ2n) is 8.00. The lowest BCUT2D eigenvalue weighted by atomic mass is 9.92. The number of hydrogen-bond donors (Lipinski definition) is 0. The molecule has 0 saturated carbocycles. The predicted octanol–water partition coefficient (Wildman–Crippen LogP) is 4.68. The monoisotopic (exact) mass is 445 g/mol. The summed E-state index contributed by atoms with van der Waals surface area (Å²) in [5.41, 5.74) is 5.56. The summed E-state index contributed by atoms with van der Waals surface area (Å²) >= 11 is 0. The van der Waals surface area contributed by atoms with Crippen LogP contribution in [0.4, 0.5) is 4.79 Å². The van der Waals surface area contributed by atoms with E-state index in [9.17, 15) is 9.59 Å². The van der Waals surface area contributed by atoms with Crippen molar-refractivity contribution in [2.75, 3.05) is 13.7 Å². The molecule has 0 saturated heterocycles. The van der Waals surface area contributed by atoms with Gasteiger partial charge in [-0.1, -0.05) is 48.5 Å². The van der Waals surface area contributed by atoms with E-state index in [4.69, 9.17) is 9.47 Å². The Bertz CT molecular complexity index is 1170. The summed E-state index contributed by atoms with van der Waals surface area (Å²) in [7, 11) is 3.27. The molecule has 1 aliphatic heterocycles. The molecule has 3 aromatic rings. The minimum atomic E-state index is -0.397. The lowest BCUT2D eigenvalue weighted by molar-refractivity contribution is 0.0600. The van der Waals surface area contributed by atoms with Gasteiger partial charge in [-0.3, -0.25) is 9.58 Å². The second-order valence-corrected chi connectivity index (χ2v) is 8.00. The van der Waals surface area contributed by atoms with E-state index in [1.807, 2.05) is 67.3 Å². The fourth-order valence-electron chi connectivity index (χ4n) is 4.00. The number of rotatable bonds is 5. The van der Waals surface area contributed by atoms with Gasteiger partial charge in [0.1, 0.15) is 6.61 Å². The summed E-state index contributed by atoms with van der Waals surface area (Å²) in [4.78, 5) is 26.6. The molecule has 0 unspecified atom stereocenters. The zero-order valence-corrected chi connectivity index (χ0v) is 19.0.